The topological polar surface area (TPSA) is 65.2 Å². The number of benzene rings is 2. The molecule has 0 radical (unpaired) electrons. The third-order valence-corrected chi connectivity index (χ3v) is 4.21. The summed E-state index contributed by atoms with van der Waals surface area (Å²) < 4.78 is 24.6. The zero-order chi connectivity index (χ0) is 18.0. The van der Waals surface area contributed by atoms with Crippen molar-refractivity contribution in [2.24, 2.45) is 0 Å². The highest BCUT2D eigenvalue weighted by Crippen LogP contribution is 2.25. The molecule has 0 aliphatic carbocycles. The molecule has 128 valence electrons. The molecule has 1 atom stereocenters. The van der Waals surface area contributed by atoms with Crippen molar-refractivity contribution in [2.75, 3.05) is 0 Å². The summed E-state index contributed by atoms with van der Waals surface area (Å²) in [7, 11) is 0. The largest absolute Gasteiger partial charge is 0.449 e. The molecule has 0 unspecified atom stereocenters. The Morgan fingerprint density at radius 1 is 1.20 bits per heavy atom. The minimum absolute atomic E-state index is 0.0881. The van der Waals surface area contributed by atoms with Crippen molar-refractivity contribution in [3.8, 4) is 11.5 Å². The van der Waals surface area contributed by atoms with E-state index in [4.69, 9.17) is 9.15 Å². The number of aryl methyl sites for hydroxylation is 1. The minimum atomic E-state index is -0.769. The summed E-state index contributed by atoms with van der Waals surface area (Å²) in [5.41, 5.74) is 1.98. The number of aromatic nitrogens is 2. The van der Waals surface area contributed by atoms with Gasteiger partial charge < -0.3 is 9.15 Å². The molecule has 0 amide bonds. The van der Waals surface area contributed by atoms with Gasteiger partial charge in [-0.3, -0.25) is 0 Å². The lowest BCUT2D eigenvalue weighted by atomic mass is 10.1. The summed E-state index contributed by atoms with van der Waals surface area (Å²) in [6.07, 6.45) is -0.769. The van der Waals surface area contributed by atoms with Crippen molar-refractivity contribution in [2.45, 2.75) is 20.0 Å². The van der Waals surface area contributed by atoms with E-state index in [1.54, 1.807) is 6.92 Å². The van der Waals surface area contributed by atoms with Crippen LogP contribution in [0.15, 0.2) is 51.4 Å². The molecule has 0 aliphatic heterocycles. The number of hydrogen-bond donors (Lipinski definition) is 0. The van der Waals surface area contributed by atoms with Crippen molar-refractivity contribution in [3.63, 3.8) is 0 Å². The predicted molar refractivity (Wildman–Crippen MR) is 92.4 cm³/mol. The normalized spacial score (nSPS) is 12.0. The summed E-state index contributed by atoms with van der Waals surface area (Å²) in [6, 6.07) is 11.4. The third kappa shape index (κ3) is 3.93. The third-order valence-electron chi connectivity index (χ3n) is 3.52. The van der Waals surface area contributed by atoms with Crippen LogP contribution in [0.1, 0.15) is 34.8 Å². The van der Waals surface area contributed by atoms with E-state index in [0.29, 0.717) is 10.4 Å². The van der Waals surface area contributed by atoms with E-state index in [1.165, 1.54) is 12.1 Å². The van der Waals surface area contributed by atoms with Gasteiger partial charge in [0, 0.05) is 10.0 Å². The van der Waals surface area contributed by atoms with Crippen LogP contribution in [0.3, 0.4) is 0 Å². The number of esters is 1. The number of carbonyl (C=O) groups is 1. The fourth-order valence-electron chi connectivity index (χ4n) is 2.14. The first-order valence-electron chi connectivity index (χ1n) is 7.50. The van der Waals surface area contributed by atoms with Crippen molar-refractivity contribution in [1.29, 1.82) is 0 Å². The van der Waals surface area contributed by atoms with E-state index >= 15 is 0 Å². The first-order chi connectivity index (χ1) is 11.9. The molecule has 3 aromatic rings. The van der Waals surface area contributed by atoms with E-state index in [2.05, 4.69) is 26.1 Å². The molecule has 1 heterocycles. The van der Waals surface area contributed by atoms with E-state index in [0.717, 1.165) is 17.2 Å². The van der Waals surface area contributed by atoms with Gasteiger partial charge in [0.05, 0.1) is 5.56 Å². The second-order valence-electron chi connectivity index (χ2n) is 5.48. The van der Waals surface area contributed by atoms with Gasteiger partial charge in [-0.25, -0.2) is 9.18 Å². The number of ether oxygens (including phenoxy) is 1. The number of rotatable bonds is 4. The SMILES string of the molecule is Cc1ccc(-c2nnc([C@H](C)OC(=O)c3cc(F)ccc3Br)o2)cc1. The maximum atomic E-state index is 13.3. The molecule has 0 N–H and O–H groups in total. The average molecular weight is 405 g/mol. The van der Waals surface area contributed by atoms with E-state index in [-0.39, 0.29) is 11.5 Å². The monoisotopic (exact) mass is 404 g/mol. The summed E-state index contributed by atoms with van der Waals surface area (Å²) in [5, 5.41) is 7.89. The molecule has 0 spiro atoms. The van der Waals surface area contributed by atoms with Crippen molar-refractivity contribution in [1.82, 2.24) is 10.2 Å². The molecule has 2 aromatic carbocycles. The molecule has 7 heteroatoms. The molecule has 0 saturated carbocycles. The van der Waals surface area contributed by atoms with Crippen LogP contribution in [0, 0.1) is 12.7 Å². The molecule has 3 rings (SSSR count). The van der Waals surface area contributed by atoms with Gasteiger partial charge in [0.15, 0.2) is 6.10 Å². The van der Waals surface area contributed by atoms with Gasteiger partial charge in [-0.2, -0.15) is 0 Å². The molecule has 0 saturated heterocycles. The van der Waals surface area contributed by atoms with E-state index in [9.17, 15) is 9.18 Å². The zero-order valence-electron chi connectivity index (χ0n) is 13.5. The lowest BCUT2D eigenvalue weighted by Gasteiger charge is -2.10. The summed E-state index contributed by atoms with van der Waals surface area (Å²) >= 11 is 3.20. The van der Waals surface area contributed by atoms with Crippen LogP contribution < -0.4 is 0 Å². The maximum absolute atomic E-state index is 13.3. The number of halogens is 2. The van der Waals surface area contributed by atoms with Gasteiger partial charge in [-0.15, -0.1) is 10.2 Å². The van der Waals surface area contributed by atoms with Crippen molar-refractivity contribution in [3.05, 3.63) is 69.8 Å². The van der Waals surface area contributed by atoms with Gasteiger partial charge in [-0.1, -0.05) is 17.7 Å². The van der Waals surface area contributed by atoms with Crippen LogP contribution >= 0.6 is 15.9 Å². The fourth-order valence-corrected chi connectivity index (χ4v) is 2.55. The second kappa shape index (κ2) is 7.14. The number of carbonyl (C=O) groups excluding carboxylic acids is 1. The van der Waals surface area contributed by atoms with Crippen LogP contribution in [0.2, 0.25) is 0 Å². The Bertz CT molecular complexity index is 909. The van der Waals surface area contributed by atoms with Crippen LogP contribution in [0.4, 0.5) is 4.39 Å². The minimum Gasteiger partial charge on any atom is -0.449 e. The number of hydrogen-bond acceptors (Lipinski definition) is 5. The fraction of sp³-hybridized carbons (Fsp3) is 0.167. The first kappa shape index (κ1) is 17.3. The number of nitrogens with zero attached hydrogens (tertiary/aromatic N) is 2. The van der Waals surface area contributed by atoms with E-state index in [1.807, 2.05) is 31.2 Å². The van der Waals surface area contributed by atoms with Crippen LogP contribution in [0.5, 0.6) is 0 Å². The standard InChI is InChI=1S/C18H14BrFN2O3/c1-10-3-5-12(6-4-10)17-22-21-16(25-17)11(2)24-18(23)14-9-13(20)7-8-15(14)19/h3-9,11H,1-2H3/t11-/m0/s1. The van der Waals surface area contributed by atoms with Crippen molar-refractivity contribution < 1.29 is 18.3 Å². The summed E-state index contributed by atoms with van der Waals surface area (Å²) in [5.74, 6) is -0.711. The second-order valence-corrected chi connectivity index (χ2v) is 6.34. The summed E-state index contributed by atoms with van der Waals surface area (Å²) in [4.78, 5) is 12.2. The highest BCUT2D eigenvalue weighted by atomic mass is 79.9. The Morgan fingerprint density at radius 2 is 1.92 bits per heavy atom. The lowest BCUT2D eigenvalue weighted by Crippen LogP contribution is -2.10. The maximum Gasteiger partial charge on any atom is 0.340 e. The van der Waals surface area contributed by atoms with Gasteiger partial charge in [0.1, 0.15) is 5.82 Å². The Labute approximate surface area is 152 Å². The molecule has 0 fully saturated rings. The smallest absolute Gasteiger partial charge is 0.340 e. The average Bonchev–Trinajstić information content (AvgIpc) is 3.07. The quantitative estimate of drug-likeness (QED) is 0.580. The zero-order valence-corrected chi connectivity index (χ0v) is 15.1. The molecule has 5 nitrogen and oxygen atoms in total. The highest BCUT2D eigenvalue weighted by Gasteiger charge is 2.21. The Balaban J connectivity index is 1.75. The molecular formula is C18H14BrFN2O3. The molecule has 25 heavy (non-hydrogen) atoms. The molecule has 1 aromatic heterocycles. The van der Waals surface area contributed by atoms with Gasteiger partial charge in [-0.05, 0) is 60.1 Å². The lowest BCUT2D eigenvalue weighted by molar-refractivity contribution is 0.0278. The molecule has 0 aliphatic rings. The Kier molecular flexibility index (Phi) is 4.94. The van der Waals surface area contributed by atoms with E-state index < -0.39 is 17.9 Å². The Morgan fingerprint density at radius 3 is 2.64 bits per heavy atom. The van der Waals surface area contributed by atoms with Crippen molar-refractivity contribution >= 4 is 21.9 Å². The molecular weight excluding hydrogens is 391 g/mol. The van der Waals surface area contributed by atoms with Gasteiger partial charge in [0.2, 0.25) is 5.89 Å². The van der Waals surface area contributed by atoms with Gasteiger partial charge in [0.25, 0.3) is 5.89 Å². The van der Waals surface area contributed by atoms with Crippen LogP contribution in [0.25, 0.3) is 11.5 Å². The molecule has 0 bridgehead atoms. The Hall–Kier alpha value is -2.54. The first-order valence-corrected chi connectivity index (χ1v) is 8.30. The summed E-state index contributed by atoms with van der Waals surface area (Å²) in [6.45, 7) is 3.59. The highest BCUT2D eigenvalue weighted by molar-refractivity contribution is 9.10. The predicted octanol–water partition coefficient (Wildman–Crippen LogP) is 4.86. The van der Waals surface area contributed by atoms with Crippen LogP contribution in [-0.2, 0) is 4.74 Å². The van der Waals surface area contributed by atoms with Gasteiger partial charge >= 0.3 is 5.97 Å². The van der Waals surface area contributed by atoms with Crippen LogP contribution in [-0.4, -0.2) is 16.2 Å².